The average molecular weight is 358 g/mol. The summed E-state index contributed by atoms with van der Waals surface area (Å²) in [5.41, 5.74) is 0.183. The van der Waals surface area contributed by atoms with E-state index in [-0.39, 0.29) is 11.3 Å². The Labute approximate surface area is 150 Å². The van der Waals surface area contributed by atoms with Crippen LogP contribution < -0.4 is 0 Å². The van der Waals surface area contributed by atoms with Crippen LogP contribution in [-0.2, 0) is 0 Å². The van der Waals surface area contributed by atoms with E-state index >= 15 is 0 Å². The SMILES string of the molecule is O=C(O)c1cc(C2=CC34CCCCC3(C=C2)C(O)C4C(O)O)ccc1O. The number of phenols is 1. The molecule has 0 aliphatic heterocycles. The zero-order valence-electron chi connectivity index (χ0n) is 14.2. The Balaban J connectivity index is 1.81. The maximum atomic E-state index is 11.3. The summed E-state index contributed by atoms with van der Waals surface area (Å²) in [5, 5.41) is 49.3. The van der Waals surface area contributed by atoms with Crippen molar-refractivity contribution in [3.63, 3.8) is 0 Å². The number of hydrogen-bond donors (Lipinski definition) is 5. The fourth-order valence-electron chi connectivity index (χ4n) is 5.41. The van der Waals surface area contributed by atoms with Crippen LogP contribution in [0.1, 0.15) is 41.6 Å². The summed E-state index contributed by atoms with van der Waals surface area (Å²) in [5.74, 6) is -2.18. The van der Waals surface area contributed by atoms with E-state index in [0.717, 1.165) is 31.3 Å². The number of carbonyl (C=O) groups is 1. The van der Waals surface area contributed by atoms with Gasteiger partial charge in [0, 0.05) is 16.7 Å². The second-order valence-electron chi connectivity index (χ2n) is 7.64. The van der Waals surface area contributed by atoms with Crippen molar-refractivity contribution < 1.29 is 30.3 Å². The van der Waals surface area contributed by atoms with E-state index in [1.165, 1.54) is 12.1 Å². The Hall–Kier alpha value is -2.15. The summed E-state index contributed by atoms with van der Waals surface area (Å²) in [4.78, 5) is 11.3. The molecular formula is C20H22O6. The molecule has 3 aliphatic rings. The van der Waals surface area contributed by atoms with Crippen molar-refractivity contribution in [2.24, 2.45) is 16.7 Å². The van der Waals surface area contributed by atoms with Gasteiger partial charge in [-0.25, -0.2) is 4.79 Å². The topological polar surface area (TPSA) is 118 Å². The highest BCUT2D eigenvalue weighted by Gasteiger charge is 2.71. The predicted octanol–water partition coefficient (Wildman–Crippen LogP) is 1.89. The van der Waals surface area contributed by atoms with Gasteiger partial charge in [-0.3, -0.25) is 0 Å². The number of rotatable bonds is 3. The first kappa shape index (κ1) is 17.3. The molecule has 1 aromatic carbocycles. The Morgan fingerprint density at radius 1 is 1.15 bits per heavy atom. The summed E-state index contributed by atoms with van der Waals surface area (Å²) in [6.45, 7) is 0. The van der Waals surface area contributed by atoms with Gasteiger partial charge >= 0.3 is 5.97 Å². The third-order valence-electron chi connectivity index (χ3n) is 6.62. The molecule has 0 amide bonds. The van der Waals surface area contributed by atoms with Crippen LogP contribution in [0.4, 0.5) is 0 Å². The number of carboxylic acid groups (broad SMARTS) is 1. The smallest absolute Gasteiger partial charge is 0.339 e. The van der Waals surface area contributed by atoms with E-state index < -0.39 is 35.1 Å². The first-order valence-electron chi connectivity index (χ1n) is 8.85. The van der Waals surface area contributed by atoms with Crippen LogP contribution in [-0.4, -0.2) is 43.9 Å². The van der Waals surface area contributed by atoms with Crippen molar-refractivity contribution in [1.82, 2.24) is 0 Å². The summed E-state index contributed by atoms with van der Waals surface area (Å²) in [7, 11) is 0. The van der Waals surface area contributed by atoms with Gasteiger partial charge in [-0.15, -0.1) is 0 Å². The zero-order chi connectivity index (χ0) is 18.7. The number of aliphatic hydroxyl groups excluding tert-OH is 2. The largest absolute Gasteiger partial charge is 0.507 e. The molecule has 6 heteroatoms. The highest BCUT2D eigenvalue weighted by molar-refractivity contribution is 5.92. The van der Waals surface area contributed by atoms with E-state index in [1.54, 1.807) is 6.07 Å². The van der Waals surface area contributed by atoms with Crippen LogP contribution in [0.5, 0.6) is 5.75 Å². The number of aliphatic hydroxyl groups is 3. The number of hydrogen-bond acceptors (Lipinski definition) is 5. The molecule has 0 bridgehead atoms. The van der Waals surface area contributed by atoms with Crippen molar-refractivity contribution in [3.05, 3.63) is 47.6 Å². The molecule has 0 spiro atoms. The molecule has 0 heterocycles. The van der Waals surface area contributed by atoms with E-state index in [0.29, 0.717) is 5.56 Å². The lowest BCUT2D eigenvalue weighted by atomic mass is 9.36. The molecule has 5 N–H and O–H groups in total. The highest BCUT2D eigenvalue weighted by atomic mass is 16.5. The number of aromatic hydroxyl groups is 1. The van der Waals surface area contributed by atoms with Gasteiger partial charge in [0.25, 0.3) is 0 Å². The maximum absolute atomic E-state index is 11.3. The normalized spacial score (nSPS) is 35.3. The molecule has 2 fully saturated rings. The van der Waals surface area contributed by atoms with Gasteiger partial charge in [-0.05, 0) is 36.1 Å². The van der Waals surface area contributed by atoms with Gasteiger partial charge in [0.1, 0.15) is 11.3 Å². The minimum atomic E-state index is -1.62. The first-order chi connectivity index (χ1) is 12.3. The molecule has 1 aromatic rings. The molecule has 0 aromatic heterocycles. The maximum Gasteiger partial charge on any atom is 0.339 e. The van der Waals surface area contributed by atoms with Crippen molar-refractivity contribution in [3.8, 4) is 5.75 Å². The van der Waals surface area contributed by atoms with Crippen LogP contribution >= 0.6 is 0 Å². The molecule has 0 radical (unpaired) electrons. The predicted molar refractivity (Wildman–Crippen MR) is 93.2 cm³/mol. The minimum Gasteiger partial charge on any atom is -0.507 e. The van der Waals surface area contributed by atoms with Gasteiger partial charge in [-0.2, -0.15) is 0 Å². The summed E-state index contributed by atoms with van der Waals surface area (Å²) in [6.07, 6.45) is 6.80. The Morgan fingerprint density at radius 3 is 2.50 bits per heavy atom. The van der Waals surface area contributed by atoms with Gasteiger partial charge in [0.15, 0.2) is 6.29 Å². The highest BCUT2D eigenvalue weighted by Crippen LogP contribution is 2.71. The molecule has 0 saturated heterocycles. The number of benzene rings is 1. The van der Waals surface area contributed by atoms with Crippen molar-refractivity contribution in [1.29, 1.82) is 0 Å². The molecule has 4 unspecified atom stereocenters. The standard InChI is InChI=1S/C20H22O6/c21-14-4-3-11(9-13(14)17(23)24)12-5-8-19-6-1-2-7-20(19,10-12)15(16(19)22)18(25)26/h3-5,8-10,15-16,18,21-22,25-26H,1-2,6-7H2,(H,23,24). The molecule has 26 heavy (non-hydrogen) atoms. The molecule has 2 saturated carbocycles. The van der Waals surface area contributed by atoms with Gasteiger partial charge in [-0.1, -0.05) is 37.1 Å². The number of aromatic carboxylic acids is 1. The fraction of sp³-hybridized carbons (Fsp3) is 0.450. The van der Waals surface area contributed by atoms with E-state index in [1.807, 2.05) is 18.2 Å². The molecule has 138 valence electrons. The minimum absolute atomic E-state index is 0.179. The quantitative estimate of drug-likeness (QED) is 0.527. The number of allylic oxidation sites excluding steroid dienone is 3. The third kappa shape index (κ3) is 2.06. The van der Waals surface area contributed by atoms with Crippen LogP contribution in [0.3, 0.4) is 0 Å². The van der Waals surface area contributed by atoms with E-state index in [9.17, 15) is 30.3 Å². The fourth-order valence-corrected chi connectivity index (χ4v) is 5.41. The third-order valence-corrected chi connectivity index (χ3v) is 6.62. The van der Waals surface area contributed by atoms with Crippen LogP contribution in [0.25, 0.3) is 5.57 Å². The van der Waals surface area contributed by atoms with Crippen LogP contribution in [0, 0.1) is 16.7 Å². The van der Waals surface area contributed by atoms with Crippen LogP contribution in [0.15, 0.2) is 36.4 Å². The van der Waals surface area contributed by atoms with Crippen molar-refractivity contribution >= 4 is 11.5 Å². The average Bonchev–Trinajstić information content (AvgIpc) is 2.60. The lowest BCUT2D eigenvalue weighted by molar-refractivity contribution is -0.285. The van der Waals surface area contributed by atoms with Gasteiger partial charge < -0.3 is 25.5 Å². The lowest BCUT2D eigenvalue weighted by Crippen LogP contribution is -2.72. The summed E-state index contributed by atoms with van der Waals surface area (Å²) < 4.78 is 0. The molecule has 4 rings (SSSR count). The molecular weight excluding hydrogens is 336 g/mol. The Bertz CT molecular complexity index is 826. The van der Waals surface area contributed by atoms with Crippen LogP contribution in [0.2, 0.25) is 0 Å². The van der Waals surface area contributed by atoms with Crippen molar-refractivity contribution in [2.45, 2.75) is 38.1 Å². The van der Waals surface area contributed by atoms with E-state index in [4.69, 9.17) is 0 Å². The number of carboxylic acids is 1. The van der Waals surface area contributed by atoms with Crippen molar-refractivity contribution in [2.75, 3.05) is 0 Å². The Morgan fingerprint density at radius 2 is 1.85 bits per heavy atom. The molecule has 4 atom stereocenters. The second-order valence-corrected chi connectivity index (χ2v) is 7.64. The Kier molecular flexibility index (Phi) is 3.77. The summed E-state index contributed by atoms with van der Waals surface area (Å²) in [6, 6.07) is 4.41. The van der Waals surface area contributed by atoms with E-state index in [2.05, 4.69) is 0 Å². The van der Waals surface area contributed by atoms with Gasteiger partial charge in [0.05, 0.1) is 6.10 Å². The monoisotopic (exact) mass is 358 g/mol. The zero-order valence-corrected chi connectivity index (χ0v) is 14.2. The lowest BCUT2D eigenvalue weighted by Gasteiger charge is -2.69. The summed E-state index contributed by atoms with van der Waals surface area (Å²) >= 11 is 0. The second kappa shape index (κ2) is 5.67. The van der Waals surface area contributed by atoms with Gasteiger partial charge in [0.2, 0.25) is 0 Å². The molecule has 3 aliphatic carbocycles. The first-order valence-corrected chi connectivity index (χ1v) is 8.85. The molecule has 6 nitrogen and oxygen atoms in total.